The summed E-state index contributed by atoms with van der Waals surface area (Å²) >= 11 is 0. The number of carbonyl (C=O) groups excluding carboxylic acids is 1. The van der Waals surface area contributed by atoms with E-state index in [4.69, 9.17) is 0 Å². The van der Waals surface area contributed by atoms with Gasteiger partial charge in [-0.05, 0) is 30.5 Å². The van der Waals surface area contributed by atoms with E-state index in [1.54, 1.807) is 17.3 Å². The van der Waals surface area contributed by atoms with Crippen LogP contribution in [0.2, 0.25) is 0 Å². The molecule has 0 spiro atoms. The van der Waals surface area contributed by atoms with E-state index >= 15 is 0 Å². The highest BCUT2D eigenvalue weighted by atomic mass is 19.4. The van der Waals surface area contributed by atoms with Crippen molar-refractivity contribution in [3.05, 3.63) is 59.3 Å². The predicted molar refractivity (Wildman–Crippen MR) is 109 cm³/mol. The molecule has 0 unspecified atom stereocenters. The maximum Gasteiger partial charge on any atom is 0.416 e. The van der Waals surface area contributed by atoms with E-state index in [2.05, 4.69) is 26.6 Å². The van der Waals surface area contributed by atoms with Gasteiger partial charge in [-0.2, -0.15) is 13.2 Å². The zero-order valence-electron chi connectivity index (χ0n) is 17.0. The number of fused-ring (bicyclic) bond motifs is 3. The molecule has 2 aromatic heterocycles. The average Bonchev–Trinajstić information content (AvgIpc) is 3.39. The minimum atomic E-state index is -4.48. The summed E-state index contributed by atoms with van der Waals surface area (Å²) in [6.45, 7) is 3.88. The Bertz CT molecular complexity index is 1160. The Labute approximate surface area is 177 Å². The summed E-state index contributed by atoms with van der Waals surface area (Å²) in [6, 6.07) is 4.65. The van der Waals surface area contributed by atoms with E-state index in [0.29, 0.717) is 13.1 Å². The lowest BCUT2D eigenvalue weighted by Crippen LogP contribution is -2.42. The molecule has 0 aliphatic carbocycles. The van der Waals surface area contributed by atoms with Gasteiger partial charge in [-0.15, -0.1) is 0 Å². The molecule has 2 atom stereocenters. The van der Waals surface area contributed by atoms with Crippen LogP contribution in [0.25, 0.3) is 5.52 Å². The number of nitrogens with zero attached hydrogens (tertiary/aromatic N) is 4. The summed E-state index contributed by atoms with van der Waals surface area (Å²) in [6.07, 6.45) is 0.702. The van der Waals surface area contributed by atoms with Crippen molar-refractivity contribution in [1.82, 2.24) is 19.3 Å². The Balaban J connectivity index is 1.46. The summed E-state index contributed by atoms with van der Waals surface area (Å²) in [7, 11) is 0. The zero-order chi connectivity index (χ0) is 21.8. The van der Waals surface area contributed by atoms with Crippen molar-refractivity contribution in [3.63, 3.8) is 0 Å². The Hall–Kier alpha value is -3.10. The van der Waals surface area contributed by atoms with Crippen molar-refractivity contribution < 1.29 is 18.0 Å². The second-order valence-electron chi connectivity index (χ2n) is 8.31. The lowest BCUT2D eigenvalue weighted by atomic mass is 9.86. The number of likely N-dealkylation sites (tertiary alicyclic amines) is 1. The normalized spacial score (nSPS) is 21.2. The molecule has 9 heteroatoms. The molecule has 2 aliphatic rings. The molecule has 1 N–H and O–H groups in total. The van der Waals surface area contributed by atoms with Crippen molar-refractivity contribution in [2.75, 3.05) is 25.0 Å². The number of benzene rings is 1. The number of nitrogens with one attached hydrogen (secondary N) is 1. The second-order valence-corrected chi connectivity index (χ2v) is 8.31. The van der Waals surface area contributed by atoms with Gasteiger partial charge in [0.15, 0.2) is 0 Å². The number of aromatic nitrogens is 3. The SMILES string of the molecule is C[C@H]1CCN(C(=O)c2cccc(C(F)(F)F)c2)C[C@H]1c1ncc2cnc3c(n12)CCN3. The van der Waals surface area contributed by atoms with Gasteiger partial charge in [-0.3, -0.25) is 9.20 Å². The standard InChI is InChI=1S/C22H22F3N5O/c1-13-6-8-29(21(31)14-3-2-4-15(9-14)22(23,24)25)12-17(13)20-28-11-16-10-27-19-18(30(16)20)5-7-26-19/h2-4,9-11,13,17,26H,5-8,12H2,1H3/t13-,17+/m0/s1. The van der Waals surface area contributed by atoms with Gasteiger partial charge < -0.3 is 10.2 Å². The summed E-state index contributed by atoms with van der Waals surface area (Å²) in [5.41, 5.74) is 1.24. The van der Waals surface area contributed by atoms with Crippen LogP contribution >= 0.6 is 0 Å². The van der Waals surface area contributed by atoms with E-state index in [9.17, 15) is 18.0 Å². The first kappa shape index (κ1) is 19.8. The molecule has 1 saturated heterocycles. The van der Waals surface area contributed by atoms with E-state index in [1.165, 1.54) is 12.1 Å². The highest BCUT2D eigenvalue weighted by Crippen LogP contribution is 2.35. The third-order valence-electron chi connectivity index (χ3n) is 6.35. The first-order chi connectivity index (χ1) is 14.8. The highest BCUT2D eigenvalue weighted by molar-refractivity contribution is 5.94. The van der Waals surface area contributed by atoms with E-state index in [1.807, 2.05) is 0 Å². The van der Waals surface area contributed by atoms with Crippen molar-refractivity contribution in [1.29, 1.82) is 0 Å². The number of anilines is 1. The Morgan fingerprint density at radius 1 is 1.23 bits per heavy atom. The number of hydrogen-bond donors (Lipinski definition) is 1. The third-order valence-corrected chi connectivity index (χ3v) is 6.35. The summed E-state index contributed by atoms with van der Waals surface area (Å²) in [4.78, 5) is 23.8. The fourth-order valence-corrected chi connectivity index (χ4v) is 4.62. The number of halogens is 3. The smallest absolute Gasteiger partial charge is 0.368 e. The second kappa shape index (κ2) is 7.25. The van der Waals surface area contributed by atoms with Crippen LogP contribution in [0.5, 0.6) is 0 Å². The Morgan fingerprint density at radius 2 is 2.03 bits per heavy atom. The molecule has 0 radical (unpaired) electrons. The van der Waals surface area contributed by atoms with Gasteiger partial charge in [0.1, 0.15) is 11.6 Å². The number of rotatable bonds is 2. The zero-order valence-corrected chi connectivity index (χ0v) is 17.0. The number of hydrogen-bond acceptors (Lipinski definition) is 4. The van der Waals surface area contributed by atoms with E-state index in [0.717, 1.165) is 54.4 Å². The first-order valence-electron chi connectivity index (χ1n) is 10.4. The first-order valence-corrected chi connectivity index (χ1v) is 10.4. The van der Waals surface area contributed by atoms with Gasteiger partial charge in [-0.1, -0.05) is 13.0 Å². The lowest BCUT2D eigenvalue weighted by molar-refractivity contribution is -0.137. The fraction of sp³-hybridized carbons (Fsp3) is 0.409. The largest absolute Gasteiger partial charge is 0.416 e. The van der Waals surface area contributed by atoms with Gasteiger partial charge in [-0.25, -0.2) is 9.97 Å². The predicted octanol–water partition coefficient (Wildman–Crippen LogP) is 3.98. The molecular weight excluding hydrogens is 407 g/mol. The molecule has 0 saturated carbocycles. The molecule has 1 fully saturated rings. The highest BCUT2D eigenvalue weighted by Gasteiger charge is 2.35. The quantitative estimate of drug-likeness (QED) is 0.669. The van der Waals surface area contributed by atoms with Crippen LogP contribution in [0.15, 0.2) is 36.7 Å². The van der Waals surface area contributed by atoms with Gasteiger partial charge >= 0.3 is 6.18 Å². The van der Waals surface area contributed by atoms with E-state index < -0.39 is 11.7 Å². The number of carbonyl (C=O) groups is 1. The van der Waals surface area contributed by atoms with Gasteiger partial charge in [0, 0.05) is 37.5 Å². The number of imidazole rings is 1. The minimum Gasteiger partial charge on any atom is -0.368 e. The van der Waals surface area contributed by atoms with Crippen molar-refractivity contribution in [3.8, 4) is 0 Å². The monoisotopic (exact) mass is 429 g/mol. The van der Waals surface area contributed by atoms with Crippen LogP contribution in [0, 0.1) is 5.92 Å². The van der Waals surface area contributed by atoms with Crippen LogP contribution < -0.4 is 5.32 Å². The molecule has 6 nitrogen and oxygen atoms in total. The number of amides is 1. The summed E-state index contributed by atoms with van der Waals surface area (Å²) in [5, 5.41) is 3.27. The fourth-order valence-electron chi connectivity index (χ4n) is 4.62. The molecule has 31 heavy (non-hydrogen) atoms. The molecule has 1 amide bonds. The van der Waals surface area contributed by atoms with Gasteiger partial charge in [0.05, 0.1) is 29.2 Å². The topological polar surface area (TPSA) is 62.5 Å². The Morgan fingerprint density at radius 3 is 2.84 bits per heavy atom. The van der Waals surface area contributed by atoms with Gasteiger partial charge in [0.2, 0.25) is 0 Å². The van der Waals surface area contributed by atoms with E-state index in [-0.39, 0.29) is 23.3 Å². The number of piperidine rings is 1. The molecule has 5 rings (SSSR count). The van der Waals surface area contributed by atoms with Crippen molar-refractivity contribution in [2.24, 2.45) is 5.92 Å². The van der Waals surface area contributed by atoms with Crippen LogP contribution in [0.1, 0.15) is 46.7 Å². The molecule has 1 aromatic carbocycles. The van der Waals surface area contributed by atoms with Crippen LogP contribution in [-0.4, -0.2) is 44.8 Å². The molecule has 3 aromatic rings. The van der Waals surface area contributed by atoms with Crippen LogP contribution in [0.3, 0.4) is 0 Å². The van der Waals surface area contributed by atoms with Crippen LogP contribution in [0.4, 0.5) is 19.0 Å². The number of alkyl halides is 3. The maximum absolute atomic E-state index is 13.1. The third kappa shape index (κ3) is 3.41. The summed E-state index contributed by atoms with van der Waals surface area (Å²) < 4.78 is 41.4. The molecule has 162 valence electrons. The maximum atomic E-state index is 13.1. The minimum absolute atomic E-state index is 0.0156. The average molecular weight is 429 g/mol. The molecule has 2 aliphatic heterocycles. The van der Waals surface area contributed by atoms with Gasteiger partial charge in [0.25, 0.3) is 5.91 Å². The molecular formula is C22H22F3N5O. The lowest BCUT2D eigenvalue weighted by Gasteiger charge is -2.36. The molecule has 0 bridgehead atoms. The van der Waals surface area contributed by atoms with Crippen molar-refractivity contribution >= 4 is 17.2 Å². The van der Waals surface area contributed by atoms with Crippen molar-refractivity contribution in [2.45, 2.75) is 31.9 Å². The van der Waals surface area contributed by atoms with Crippen LogP contribution in [-0.2, 0) is 12.6 Å². The summed E-state index contributed by atoms with van der Waals surface area (Å²) in [5.74, 6) is 1.63. The molecule has 4 heterocycles. The Kier molecular flexibility index (Phi) is 4.64.